The van der Waals surface area contributed by atoms with Crippen LogP contribution in [0, 0.1) is 5.82 Å². The number of benzene rings is 2. The Bertz CT molecular complexity index is 860. The molecule has 1 unspecified atom stereocenters. The molecule has 1 heterocycles. The van der Waals surface area contributed by atoms with Gasteiger partial charge in [-0.1, -0.05) is 23.7 Å². The van der Waals surface area contributed by atoms with Crippen molar-refractivity contribution in [3.05, 3.63) is 59.4 Å². The predicted octanol–water partition coefficient (Wildman–Crippen LogP) is 2.86. The van der Waals surface area contributed by atoms with Crippen molar-refractivity contribution < 1.29 is 9.18 Å². The van der Waals surface area contributed by atoms with Gasteiger partial charge in [0.2, 0.25) is 5.91 Å². The lowest BCUT2D eigenvalue weighted by Crippen LogP contribution is -2.46. The number of nitrogens with one attached hydrogen (secondary N) is 3. The highest BCUT2D eigenvalue weighted by atomic mass is 35.5. The summed E-state index contributed by atoms with van der Waals surface area (Å²) >= 11 is 6.07. The van der Waals surface area contributed by atoms with Crippen LogP contribution in [0.3, 0.4) is 0 Å². The molecule has 6 nitrogen and oxygen atoms in total. The second-order valence-electron chi connectivity index (χ2n) is 6.54. The van der Waals surface area contributed by atoms with E-state index in [0.717, 1.165) is 30.2 Å². The Labute approximate surface area is 168 Å². The highest BCUT2D eigenvalue weighted by Gasteiger charge is 2.23. The number of hydrogen-bond acceptors (Lipinski definition) is 3. The van der Waals surface area contributed by atoms with Crippen molar-refractivity contribution in [2.24, 2.45) is 4.99 Å². The SMILES string of the molecule is CN=C(NCC(=O)Nc1cccc(F)c1)NC1CCN(c2cccc(Cl)c2)C1. The Kier molecular flexibility index (Phi) is 6.71. The molecule has 2 aromatic carbocycles. The van der Waals surface area contributed by atoms with E-state index in [1.54, 1.807) is 19.2 Å². The number of hydrogen-bond donors (Lipinski definition) is 3. The lowest BCUT2D eigenvalue weighted by molar-refractivity contribution is -0.115. The van der Waals surface area contributed by atoms with Crippen LogP contribution in [-0.2, 0) is 4.79 Å². The van der Waals surface area contributed by atoms with Gasteiger partial charge in [0.1, 0.15) is 5.82 Å². The average Bonchev–Trinajstić information content (AvgIpc) is 3.14. The minimum Gasteiger partial charge on any atom is -0.369 e. The fourth-order valence-corrected chi connectivity index (χ4v) is 3.29. The van der Waals surface area contributed by atoms with Gasteiger partial charge in [0.15, 0.2) is 5.96 Å². The van der Waals surface area contributed by atoms with Gasteiger partial charge in [0.05, 0.1) is 6.54 Å². The van der Waals surface area contributed by atoms with Crippen molar-refractivity contribution in [2.75, 3.05) is 36.9 Å². The Hall–Kier alpha value is -2.80. The molecule has 1 saturated heterocycles. The van der Waals surface area contributed by atoms with Crippen LogP contribution < -0.4 is 20.9 Å². The summed E-state index contributed by atoms with van der Waals surface area (Å²) in [5, 5.41) is 9.68. The van der Waals surface area contributed by atoms with Crippen LogP contribution in [0.15, 0.2) is 53.5 Å². The first kappa shape index (κ1) is 19.9. The fraction of sp³-hybridized carbons (Fsp3) is 0.300. The lowest BCUT2D eigenvalue weighted by Gasteiger charge is -2.20. The van der Waals surface area contributed by atoms with E-state index in [4.69, 9.17) is 11.6 Å². The second kappa shape index (κ2) is 9.41. The molecule has 1 atom stereocenters. The molecule has 0 aliphatic carbocycles. The smallest absolute Gasteiger partial charge is 0.243 e. The van der Waals surface area contributed by atoms with E-state index in [9.17, 15) is 9.18 Å². The normalized spacial score (nSPS) is 16.8. The summed E-state index contributed by atoms with van der Waals surface area (Å²) in [5.41, 5.74) is 1.51. The zero-order valence-electron chi connectivity index (χ0n) is 15.6. The van der Waals surface area contributed by atoms with Gasteiger partial charge in [-0.2, -0.15) is 0 Å². The van der Waals surface area contributed by atoms with Gasteiger partial charge in [0.25, 0.3) is 0 Å². The van der Waals surface area contributed by atoms with E-state index in [1.807, 2.05) is 24.3 Å². The van der Waals surface area contributed by atoms with E-state index >= 15 is 0 Å². The average molecular weight is 404 g/mol. The van der Waals surface area contributed by atoms with Crippen molar-refractivity contribution in [1.29, 1.82) is 0 Å². The molecular formula is C20H23ClFN5O. The van der Waals surface area contributed by atoms with Crippen molar-refractivity contribution in [1.82, 2.24) is 10.6 Å². The summed E-state index contributed by atoms with van der Waals surface area (Å²) in [4.78, 5) is 18.5. The predicted molar refractivity (Wildman–Crippen MR) is 112 cm³/mol. The van der Waals surface area contributed by atoms with Crippen LogP contribution >= 0.6 is 11.6 Å². The molecule has 1 aliphatic rings. The standard InChI is InChI=1S/C20H23ClFN5O/c1-23-20(24-12-19(28)25-16-6-3-5-15(22)11-16)26-17-8-9-27(13-17)18-7-2-4-14(21)10-18/h2-7,10-11,17H,8-9,12-13H2,1H3,(H,25,28)(H2,23,24,26). The molecule has 3 rings (SSSR count). The van der Waals surface area contributed by atoms with E-state index in [2.05, 4.69) is 25.8 Å². The molecule has 0 spiro atoms. The maximum Gasteiger partial charge on any atom is 0.243 e. The van der Waals surface area contributed by atoms with Crippen molar-refractivity contribution in [3.8, 4) is 0 Å². The maximum atomic E-state index is 13.2. The van der Waals surface area contributed by atoms with Gasteiger partial charge in [-0.05, 0) is 42.8 Å². The summed E-state index contributed by atoms with van der Waals surface area (Å²) in [6, 6.07) is 13.8. The van der Waals surface area contributed by atoms with Gasteiger partial charge in [-0.3, -0.25) is 9.79 Å². The highest BCUT2D eigenvalue weighted by Crippen LogP contribution is 2.23. The first-order valence-electron chi connectivity index (χ1n) is 9.06. The zero-order valence-corrected chi connectivity index (χ0v) is 16.3. The summed E-state index contributed by atoms with van der Waals surface area (Å²) in [5.74, 6) is -0.124. The van der Waals surface area contributed by atoms with Gasteiger partial charge >= 0.3 is 0 Å². The maximum absolute atomic E-state index is 13.2. The van der Waals surface area contributed by atoms with E-state index in [0.29, 0.717) is 11.6 Å². The topological polar surface area (TPSA) is 68.8 Å². The van der Waals surface area contributed by atoms with Gasteiger partial charge in [0, 0.05) is 42.6 Å². The molecule has 0 aromatic heterocycles. The van der Waals surface area contributed by atoms with Crippen molar-refractivity contribution >= 4 is 34.8 Å². The third kappa shape index (κ3) is 5.60. The molecule has 28 heavy (non-hydrogen) atoms. The molecule has 8 heteroatoms. The third-order valence-electron chi connectivity index (χ3n) is 4.45. The molecule has 1 fully saturated rings. The molecule has 148 valence electrons. The van der Waals surface area contributed by atoms with Crippen LogP contribution in [0.25, 0.3) is 0 Å². The molecular weight excluding hydrogens is 381 g/mol. The molecule has 3 N–H and O–H groups in total. The molecule has 1 amide bonds. The summed E-state index contributed by atoms with van der Waals surface area (Å²) < 4.78 is 13.2. The Balaban J connectivity index is 1.46. The Morgan fingerprint density at radius 2 is 2.11 bits per heavy atom. The summed E-state index contributed by atoms with van der Waals surface area (Å²) in [7, 11) is 1.66. The minimum absolute atomic E-state index is 0.0287. The van der Waals surface area contributed by atoms with E-state index in [-0.39, 0.29) is 18.5 Å². The molecule has 1 aliphatic heterocycles. The molecule has 2 aromatic rings. The zero-order chi connectivity index (χ0) is 19.9. The molecule has 0 saturated carbocycles. The fourth-order valence-electron chi connectivity index (χ4n) is 3.11. The van der Waals surface area contributed by atoms with E-state index < -0.39 is 5.82 Å². The van der Waals surface area contributed by atoms with Crippen LogP contribution in [0.5, 0.6) is 0 Å². The highest BCUT2D eigenvalue weighted by molar-refractivity contribution is 6.30. The summed E-state index contributed by atoms with van der Waals surface area (Å²) in [6.07, 6.45) is 0.947. The summed E-state index contributed by atoms with van der Waals surface area (Å²) in [6.45, 7) is 1.76. The van der Waals surface area contributed by atoms with Gasteiger partial charge in [-0.15, -0.1) is 0 Å². The second-order valence-corrected chi connectivity index (χ2v) is 6.98. The molecule has 0 bridgehead atoms. The number of aliphatic imine (C=N–C) groups is 1. The number of halogens is 2. The quantitative estimate of drug-likeness (QED) is 0.530. The number of nitrogens with zero attached hydrogens (tertiary/aromatic N) is 2. The number of guanidine groups is 1. The minimum atomic E-state index is -0.395. The van der Waals surface area contributed by atoms with Gasteiger partial charge < -0.3 is 20.9 Å². The van der Waals surface area contributed by atoms with Crippen LogP contribution in [-0.4, -0.2) is 44.6 Å². The number of anilines is 2. The third-order valence-corrected chi connectivity index (χ3v) is 4.69. The number of rotatable bonds is 5. The molecule has 0 radical (unpaired) electrons. The monoisotopic (exact) mass is 403 g/mol. The van der Waals surface area contributed by atoms with Crippen LogP contribution in [0.1, 0.15) is 6.42 Å². The first-order chi connectivity index (χ1) is 13.5. The first-order valence-corrected chi connectivity index (χ1v) is 9.44. The number of carbonyl (C=O) groups is 1. The van der Waals surface area contributed by atoms with E-state index in [1.165, 1.54) is 12.1 Å². The number of amides is 1. The van der Waals surface area contributed by atoms with Crippen molar-refractivity contribution in [3.63, 3.8) is 0 Å². The van der Waals surface area contributed by atoms with Crippen LogP contribution in [0.2, 0.25) is 5.02 Å². The van der Waals surface area contributed by atoms with Gasteiger partial charge in [-0.25, -0.2) is 4.39 Å². The van der Waals surface area contributed by atoms with Crippen LogP contribution in [0.4, 0.5) is 15.8 Å². The Morgan fingerprint density at radius 3 is 2.86 bits per heavy atom. The van der Waals surface area contributed by atoms with Crippen molar-refractivity contribution in [2.45, 2.75) is 12.5 Å². The largest absolute Gasteiger partial charge is 0.369 e. The lowest BCUT2D eigenvalue weighted by atomic mass is 10.2. The number of carbonyl (C=O) groups excluding carboxylic acids is 1. The Morgan fingerprint density at radius 1 is 1.29 bits per heavy atom.